The van der Waals surface area contributed by atoms with Gasteiger partial charge in [0.05, 0.1) is 4.92 Å². The second kappa shape index (κ2) is 6.37. The summed E-state index contributed by atoms with van der Waals surface area (Å²) in [6.45, 7) is 4.57. The maximum atomic E-state index is 12.0. The van der Waals surface area contributed by atoms with Gasteiger partial charge in [-0.25, -0.2) is 0 Å². The minimum absolute atomic E-state index is 0.153. The van der Waals surface area contributed by atoms with Crippen molar-refractivity contribution in [3.8, 4) is 0 Å². The third kappa shape index (κ3) is 3.13. The van der Waals surface area contributed by atoms with Crippen molar-refractivity contribution < 1.29 is 9.72 Å². The fraction of sp³-hybridized carbons (Fsp3) is 0.462. The van der Waals surface area contributed by atoms with Gasteiger partial charge in [0.15, 0.2) is 0 Å². The molecule has 9 nitrogen and oxygen atoms in total. The third-order valence-corrected chi connectivity index (χ3v) is 3.46. The van der Waals surface area contributed by atoms with Crippen molar-refractivity contribution >= 4 is 11.6 Å². The van der Waals surface area contributed by atoms with Gasteiger partial charge in [-0.15, -0.1) is 0 Å². The van der Waals surface area contributed by atoms with Gasteiger partial charge in [0.25, 0.3) is 5.91 Å². The van der Waals surface area contributed by atoms with E-state index in [1.165, 1.54) is 4.68 Å². The highest BCUT2D eigenvalue weighted by molar-refractivity contribution is 5.96. The summed E-state index contributed by atoms with van der Waals surface area (Å²) in [6.07, 6.45) is 2.39. The molecule has 2 aromatic rings. The Labute approximate surface area is 127 Å². The van der Waals surface area contributed by atoms with E-state index < -0.39 is 10.8 Å². The molecular weight excluding hydrogens is 288 g/mol. The van der Waals surface area contributed by atoms with Gasteiger partial charge in [-0.05, 0) is 26.3 Å². The van der Waals surface area contributed by atoms with Crippen molar-refractivity contribution in [3.05, 3.63) is 39.5 Å². The standard InChI is InChI=1S/C13H18N6O3/c1-9-5-7-15-18(9)8-4-6-14-13(20)11-12(19(21)22)10(2)17(3)16-11/h5,7H,4,6,8H2,1-3H3,(H,14,20). The average Bonchev–Trinajstić information content (AvgIpc) is 2.99. The number of nitrogens with zero attached hydrogens (tertiary/aromatic N) is 5. The van der Waals surface area contributed by atoms with Crippen LogP contribution >= 0.6 is 0 Å². The molecule has 9 heteroatoms. The van der Waals surface area contributed by atoms with Crippen molar-refractivity contribution in [2.24, 2.45) is 7.05 Å². The van der Waals surface area contributed by atoms with E-state index in [4.69, 9.17) is 0 Å². The molecule has 2 heterocycles. The number of carbonyl (C=O) groups excluding carboxylic acids is 1. The number of aromatic nitrogens is 4. The zero-order valence-electron chi connectivity index (χ0n) is 12.7. The molecule has 0 aliphatic carbocycles. The highest BCUT2D eigenvalue weighted by atomic mass is 16.6. The van der Waals surface area contributed by atoms with Crippen molar-refractivity contribution in [1.82, 2.24) is 24.9 Å². The first-order valence-electron chi connectivity index (χ1n) is 6.86. The lowest BCUT2D eigenvalue weighted by molar-refractivity contribution is -0.385. The summed E-state index contributed by atoms with van der Waals surface area (Å²) in [7, 11) is 1.57. The van der Waals surface area contributed by atoms with Crippen LogP contribution in [0.5, 0.6) is 0 Å². The van der Waals surface area contributed by atoms with E-state index in [-0.39, 0.29) is 11.4 Å². The molecule has 0 saturated heterocycles. The number of rotatable bonds is 6. The van der Waals surface area contributed by atoms with E-state index >= 15 is 0 Å². The highest BCUT2D eigenvalue weighted by Gasteiger charge is 2.28. The molecule has 1 amide bonds. The number of nitro groups is 1. The maximum absolute atomic E-state index is 12.0. The van der Waals surface area contributed by atoms with E-state index in [0.717, 1.165) is 5.69 Å². The molecular formula is C13H18N6O3. The second-order valence-corrected chi connectivity index (χ2v) is 4.97. The molecule has 22 heavy (non-hydrogen) atoms. The average molecular weight is 306 g/mol. The smallest absolute Gasteiger partial charge is 0.322 e. The van der Waals surface area contributed by atoms with Gasteiger partial charge >= 0.3 is 5.69 Å². The fourth-order valence-corrected chi connectivity index (χ4v) is 2.12. The Morgan fingerprint density at radius 2 is 2.18 bits per heavy atom. The number of hydrogen-bond acceptors (Lipinski definition) is 5. The summed E-state index contributed by atoms with van der Waals surface area (Å²) in [6, 6.07) is 1.90. The van der Waals surface area contributed by atoms with Gasteiger partial charge in [0, 0.05) is 32.0 Å². The molecule has 0 unspecified atom stereocenters. The molecule has 0 spiro atoms. The van der Waals surface area contributed by atoms with Gasteiger partial charge in [-0.2, -0.15) is 10.2 Å². The molecule has 0 fully saturated rings. The van der Waals surface area contributed by atoms with E-state index in [1.807, 2.05) is 17.7 Å². The Kier molecular flexibility index (Phi) is 4.54. The summed E-state index contributed by atoms with van der Waals surface area (Å²) in [4.78, 5) is 22.5. The zero-order valence-corrected chi connectivity index (χ0v) is 12.7. The SMILES string of the molecule is Cc1c([N+](=O)[O-])c(C(=O)NCCCn2nccc2C)nn1C. The lowest BCUT2D eigenvalue weighted by Crippen LogP contribution is -2.26. The van der Waals surface area contributed by atoms with Crippen LogP contribution in [0.2, 0.25) is 0 Å². The van der Waals surface area contributed by atoms with Gasteiger partial charge in [0.2, 0.25) is 5.69 Å². The minimum Gasteiger partial charge on any atom is -0.350 e. The van der Waals surface area contributed by atoms with Crippen LogP contribution < -0.4 is 5.32 Å². The summed E-state index contributed by atoms with van der Waals surface area (Å²) in [5, 5.41) is 21.8. The van der Waals surface area contributed by atoms with Crippen LogP contribution in [0.15, 0.2) is 12.3 Å². The predicted molar refractivity (Wildman–Crippen MR) is 78.5 cm³/mol. The second-order valence-electron chi connectivity index (χ2n) is 4.97. The number of amides is 1. The normalized spacial score (nSPS) is 10.7. The van der Waals surface area contributed by atoms with Crippen LogP contribution in [0.4, 0.5) is 5.69 Å². The lowest BCUT2D eigenvalue weighted by atomic mass is 10.3. The van der Waals surface area contributed by atoms with Crippen molar-refractivity contribution in [3.63, 3.8) is 0 Å². The number of nitrogens with one attached hydrogen (secondary N) is 1. The summed E-state index contributed by atoms with van der Waals surface area (Å²) >= 11 is 0. The van der Waals surface area contributed by atoms with Crippen LogP contribution in [-0.4, -0.2) is 36.9 Å². The van der Waals surface area contributed by atoms with Crippen molar-refractivity contribution in [2.45, 2.75) is 26.8 Å². The minimum atomic E-state index is -0.579. The molecule has 1 N–H and O–H groups in total. The van der Waals surface area contributed by atoms with Crippen LogP contribution in [-0.2, 0) is 13.6 Å². The molecule has 0 aliphatic rings. The van der Waals surface area contributed by atoms with Gasteiger partial charge in [-0.1, -0.05) is 0 Å². The highest BCUT2D eigenvalue weighted by Crippen LogP contribution is 2.21. The van der Waals surface area contributed by atoms with Gasteiger partial charge in [-0.3, -0.25) is 24.3 Å². The molecule has 118 valence electrons. The number of aryl methyl sites for hydroxylation is 3. The molecule has 0 radical (unpaired) electrons. The first-order chi connectivity index (χ1) is 10.4. The monoisotopic (exact) mass is 306 g/mol. The molecule has 0 aliphatic heterocycles. The summed E-state index contributed by atoms with van der Waals surface area (Å²) in [5.74, 6) is -0.535. The summed E-state index contributed by atoms with van der Waals surface area (Å²) < 4.78 is 3.17. The van der Waals surface area contributed by atoms with Gasteiger partial charge < -0.3 is 5.32 Å². The molecule has 2 rings (SSSR count). The van der Waals surface area contributed by atoms with Crippen LogP contribution in [0.1, 0.15) is 28.3 Å². The summed E-state index contributed by atoms with van der Waals surface area (Å²) in [5.41, 5.74) is 0.993. The van der Waals surface area contributed by atoms with Crippen LogP contribution in [0.25, 0.3) is 0 Å². The quantitative estimate of drug-likeness (QED) is 0.486. The van der Waals surface area contributed by atoms with E-state index in [9.17, 15) is 14.9 Å². The maximum Gasteiger partial charge on any atom is 0.322 e. The fourth-order valence-electron chi connectivity index (χ4n) is 2.12. The number of carbonyl (C=O) groups is 1. The van der Waals surface area contributed by atoms with E-state index in [0.29, 0.717) is 25.2 Å². The lowest BCUT2D eigenvalue weighted by Gasteiger charge is -2.05. The molecule has 0 bridgehead atoms. The van der Waals surface area contributed by atoms with E-state index in [2.05, 4.69) is 15.5 Å². The molecule has 0 aromatic carbocycles. The molecule has 0 saturated carbocycles. The molecule has 2 aromatic heterocycles. The Morgan fingerprint density at radius 3 is 2.77 bits per heavy atom. The molecule has 0 atom stereocenters. The van der Waals surface area contributed by atoms with E-state index in [1.54, 1.807) is 20.2 Å². The number of hydrogen-bond donors (Lipinski definition) is 1. The largest absolute Gasteiger partial charge is 0.350 e. The Balaban J connectivity index is 1.94. The predicted octanol–water partition coefficient (Wildman–Crippen LogP) is 0.962. The Bertz CT molecular complexity index is 703. The zero-order chi connectivity index (χ0) is 16.3. The third-order valence-electron chi connectivity index (χ3n) is 3.46. The Hall–Kier alpha value is -2.71. The first-order valence-corrected chi connectivity index (χ1v) is 6.86. The van der Waals surface area contributed by atoms with Crippen LogP contribution in [0.3, 0.4) is 0 Å². The van der Waals surface area contributed by atoms with Crippen molar-refractivity contribution in [1.29, 1.82) is 0 Å². The van der Waals surface area contributed by atoms with Crippen LogP contribution in [0, 0.1) is 24.0 Å². The topological polar surface area (TPSA) is 108 Å². The van der Waals surface area contributed by atoms with Crippen molar-refractivity contribution in [2.75, 3.05) is 6.54 Å². The van der Waals surface area contributed by atoms with Gasteiger partial charge in [0.1, 0.15) is 5.69 Å². The first kappa shape index (κ1) is 15.7. The Morgan fingerprint density at radius 1 is 1.45 bits per heavy atom.